The van der Waals surface area contributed by atoms with E-state index < -0.39 is 11.5 Å². The maximum atomic E-state index is 13.3. The Morgan fingerprint density at radius 2 is 1.70 bits per heavy atom. The summed E-state index contributed by atoms with van der Waals surface area (Å²) in [6.07, 6.45) is 2.11. The number of piperidine rings is 1. The Morgan fingerprint density at radius 3 is 2.18 bits per heavy atom. The van der Waals surface area contributed by atoms with E-state index in [1.54, 1.807) is 18.9 Å². The van der Waals surface area contributed by atoms with Gasteiger partial charge in [-0.25, -0.2) is 4.79 Å². The Morgan fingerprint density at radius 1 is 1.15 bits per heavy atom. The zero-order chi connectivity index (χ0) is 24.4. The number of nitrogens with one attached hydrogen (secondary N) is 1. The van der Waals surface area contributed by atoms with Gasteiger partial charge in [0.05, 0.1) is 12.1 Å². The van der Waals surface area contributed by atoms with Crippen LogP contribution in [0.15, 0.2) is 12.1 Å². The molecule has 2 aliphatic rings. The fourth-order valence-corrected chi connectivity index (χ4v) is 5.46. The number of aryl methyl sites for hydroxylation is 2. The van der Waals surface area contributed by atoms with Gasteiger partial charge in [-0.05, 0) is 81.7 Å². The molecule has 1 saturated heterocycles. The molecule has 1 heterocycles. The van der Waals surface area contributed by atoms with Gasteiger partial charge in [0, 0.05) is 38.6 Å². The molecule has 0 bridgehead atoms. The quantitative estimate of drug-likeness (QED) is 0.555. The van der Waals surface area contributed by atoms with Crippen molar-refractivity contribution in [2.24, 2.45) is 5.41 Å². The highest BCUT2D eigenvalue weighted by atomic mass is 16.5. The summed E-state index contributed by atoms with van der Waals surface area (Å²) in [4.78, 5) is 41.1. The van der Waals surface area contributed by atoms with Crippen molar-refractivity contribution in [3.63, 3.8) is 0 Å². The Kier molecular flexibility index (Phi) is 7.33. The van der Waals surface area contributed by atoms with Crippen LogP contribution in [0.1, 0.15) is 74.6 Å². The first-order valence-electron chi connectivity index (χ1n) is 11.7. The maximum Gasteiger partial charge on any atom is 0.317 e. The first kappa shape index (κ1) is 25.0. The molecule has 2 fully saturated rings. The van der Waals surface area contributed by atoms with Gasteiger partial charge in [-0.3, -0.25) is 9.59 Å². The molecule has 0 radical (unpaired) electrons. The van der Waals surface area contributed by atoms with Gasteiger partial charge in [0.25, 0.3) is 0 Å². The van der Waals surface area contributed by atoms with Crippen LogP contribution in [0, 0.1) is 31.1 Å². The van der Waals surface area contributed by atoms with Gasteiger partial charge in [0.2, 0.25) is 0 Å². The third-order valence-electron chi connectivity index (χ3n) is 6.96. The molecule has 1 aliphatic carbocycles. The topological polar surface area (TPSA) is 75.7 Å². The van der Waals surface area contributed by atoms with Crippen LogP contribution in [0.4, 0.5) is 4.79 Å². The summed E-state index contributed by atoms with van der Waals surface area (Å²) < 4.78 is 5.18. The molecule has 1 N–H and O–H groups in total. The van der Waals surface area contributed by atoms with E-state index in [4.69, 9.17) is 4.74 Å². The van der Waals surface area contributed by atoms with Gasteiger partial charge < -0.3 is 15.0 Å². The third-order valence-corrected chi connectivity index (χ3v) is 6.96. The molecule has 1 aromatic carbocycles. The Labute approximate surface area is 197 Å². The molecule has 3 rings (SSSR count). The molecule has 0 aromatic heterocycles. The number of likely N-dealkylation sites (tertiary alicyclic amines) is 1. The number of urea groups is 1. The number of benzene rings is 1. The van der Waals surface area contributed by atoms with E-state index in [0.29, 0.717) is 45.4 Å². The van der Waals surface area contributed by atoms with Crippen LogP contribution in [0.3, 0.4) is 0 Å². The van der Waals surface area contributed by atoms with Crippen LogP contribution < -0.4 is 5.32 Å². The Bertz CT molecular complexity index is 964. The zero-order valence-corrected chi connectivity index (χ0v) is 20.8. The largest absolute Gasteiger partial charge is 0.382 e. The predicted molar refractivity (Wildman–Crippen MR) is 128 cm³/mol. The second-order valence-corrected chi connectivity index (χ2v) is 10.4. The minimum absolute atomic E-state index is 0.00547. The van der Waals surface area contributed by atoms with Gasteiger partial charge >= 0.3 is 6.03 Å². The molecule has 178 valence electrons. The van der Waals surface area contributed by atoms with Crippen LogP contribution in [-0.2, 0) is 14.3 Å². The van der Waals surface area contributed by atoms with Crippen molar-refractivity contribution < 1.29 is 19.1 Å². The van der Waals surface area contributed by atoms with E-state index in [-0.39, 0.29) is 23.0 Å². The number of ether oxygens (including phenoxy) is 1. The lowest BCUT2D eigenvalue weighted by atomic mass is 9.62. The highest BCUT2D eigenvalue weighted by Gasteiger charge is 2.48. The second kappa shape index (κ2) is 9.69. The van der Waals surface area contributed by atoms with Crippen molar-refractivity contribution in [2.75, 3.05) is 26.8 Å². The van der Waals surface area contributed by atoms with Crippen molar-refractivity contribution in [3.8, 4) is 11.8 Å². The monoisotopic (exact) mass is 452 g/mol. The lowest BCUT2D eigenvalue weighted by molar-refractivity contribution is -0.138. The van der Waals surface area contributed by atoms with Crippen molar-refractivity contribution >= 4 is 17.6 Å². The average Bonchev–Trinajstić information content (AvgIpc) is 2.69. The first-order valence-corrected chi connectivity index (χ1v) is 11.7. The molecular formula is C27H36N2O4. The number of carbonyl (C=O) groups excluding carboxylic acids is 3. The molecule has 1 saturated carbocycles. The fraction of sp³-hybridized carbons (Fsp3) is 0.593. The van der Waals surface area contributed by atoms with E-state index in [9.17, 15) is 14.4 Å². The van der Waals surface area contributed by atoms with Crippen LogP contribution in [0.25, 0.3) is 0 Å². The van der Waals surface area contributed by atoms with E-state index in [2.05, 4.69) is 17.2 Å². The number of nitrogens with zero attached hydrogens (tertiary/aromatic N) is 1. The standard InChI is InChI=1S/C27H36N2O4/c1-7-8-20-13-18(2)23(19(3)14-20)24-21(30)15-27(16-22(24)31)9-11-29(12-10-27)25(32)28-26(4,5)17-33-6/h13-14,24H,9-12,15-17H2,1-6H3,(H,28,32). The average molecular weight is 453 g/mol. The Balaban J connectivity index is 1.70. The van der Waals surface area contributed by atoms with E-state index in [1.807, 2.05) is 39.8 Å². The van der Waals surface area contributed by atoms with Crippen molar-refractivity contribution in [3.05, 3.63) is 34.4 Å². The molecule has 1 aromatic rings. The smallest absolute Gasteiger partial charge is 0.317 e. The van der Waals surface area contributed by atoms with Crippen LogP contribution in [0.2, 0.25) is 0 Å². The van der Waals surface area contributed by atoms with Crippen molar-refractivity contribution in [1.82, 2.24) is 10.2 Å². The highest BCUT2D eigenvalue weighted by Crippen LogP contribution is 2.46. The number of hydrogen-bond acceptors (Lipinski definition) is 4. The lowest BCUT2D eigenvalue weighted by Gasteiger charge is -2.45. The summed E-state index contributed by atoms with van der Waals surface area (Å²) in [5.74, 6) is 5.29. The summed E-state index contributed by atoms with van der Waals surface area (Å²) in [6, 6.07) is 3.80. The van der Waals surface area contributed by atoms with E-state index in [0.717, 1.165) is 22.3 Å². The van der Waals surface area contributed by atoms with Crippen molar-refractivity contribution in [2.45, 2.75) is 71.8 Å². The number of Topliss-reactive ketones (excluding diaryl/α,β-unsaturated/α-hetero) is 2. The van der Waals surface area contributed by atoms with Crippen molar-refractivity contribution in [1.29, 1.82) is 0 Å². The van der Waals surface area contributed by atoms with Crippen LogP contribution >= 0.6 is 0 Å². The number of carbonyl (C=O) groups is 3. The number of ketones is 2. The fourth-order valence-electron chi connectivity index (χ4n) is 5.46. The highest BCUT2D eigenvalue weighted by molar-refractivity contribution is 6.10. The molecule has 0 unspecified atom stereocenters. The maximum absolute atomic E-state index is 13.3. The predicted octanol–water partition coefficient (Wildman–Crippen LogP) is 3.91. The summed E-state index contributed by atoms with van der Waals surface area (Å²) >= 11 is 0. The molecule has 2 amide bonds. The van der Waals surface area contributed by atoms with Gasteiger partial charge in [0.1, 0.15) is 17.5 Å². The van der Waals surface area contributed by atoms with Gasteiger partial charge in [-0.1, -0.05) is 5.92 Å². The summed E-state index contributed by atoms with van der Waals surface area (Å²) in [5.41, 5.74) is 2.85. The minimum atomic E-state index is -0.685. The molecule has 1 spiro atoms. The van der Waals surface area contributed by atoms with Gasteiger partial charge in [0.15, 0.2) is 0 Å². The summed E-state index contributed by atoms with van der Waals surface area (Å²) in [5, 5.41) is 3.01. The molecule has 6 nitrogen and oxygen atoms in total. The number of methoxy groups -OCH3 is 1. The Hall–Kier alpha value is -2.65. The first-order chi connectivity index (χ1) is 15.5. The molecule has 1 aliphatic heterocycles. The number of hydrogen-bond donors (Lipinski definition) is 1. The molecule has 0 atom stereocenters. The SMILES string of the molecule is CC#Cc1cc(C)c(C2C(=O)CC3(CCN(C(=O)NC(C)(C)COC)CC3)CC2=O)c(C)c1. The zero-order valence-electron chi connectivity index (χ0n) is 20.8. The van der Waals surface area contributed by atoms with Gasteiger partial charge in [-0.2, -0.15) is 0 Å². The lowest BCUT2D eigenvalue weighted by Crippen LogP contribution is -2.55. The summed E-state index contributed by atoms with van der Waals surface area (Å²) in [6.45, 7) is 11.1. The van der Waals surface area contributed by atoms with E-state index >= 15 is 0 Å². The van der Waals surface area contributed by atoms with Crippen LogP contribution in [0.5, 0.6) is 0 Å². The van der Waals surface area contributed by atoms with Gasteiger partial charge in [-0.15, -0.1) is 5.92 Å². The summed E-state index contributed by atoms with van der Waals surface area (Å²) in [7, 11) is 1.61. The number of amides is 2. The second-order valence-electron chi connectivity index (χ2n) is 10.4. The molecule has 33 heavy (non-hydrogen) atoms. The normalized spacial score (nSPS) is 18.8. The number of rotatable bonds is 4. The van der Waals surface area contributed by atoms with E-state index in [1.165, 1.54) is 0 Å². The molecular weight excluding hydrogens is 416 g/mol. The molecule has 6 heteroatoms. The minimum Gasteiger partial charge on any atom is -0.382 e. The third kappa shape index (κ3) is 5.47. The van der Waals surface area contributed by atoms with Crippen LogP contribution in [-0.4, -0.2) is 54.8 Å².